The van der Waals surface area contributed by atoms with E-state index in [1.807, 2.05) is 35.2 Å². The molecule has 0 radical (unpaired) electrons. The summed E-state index contributed by atoms with van der Waals surface area (Å²) >= 11 is 0. The first kappa shape index (κ1) is 18.7. The number of carbonyl (C=O) groups excluding carboxylic acids is 2. The maximum Gasteiger partial charge on any atom is 0.246 e. The molecule has 2 aromatic rings. The molecule has 1 fully saturated rings. The Balaban J connectivity index is 1.45. The zero-order chi connectivity index (χ0) is 19.7. The minimum atomic E-state index is -0.418. The van der Waals surface area contributed by atoms with E-state index in [0.29, 0.717) is 13.0 Å². The van der Waals surface area contributed by atoms with Crippen LogP contribution in [0.3, 0.4) is 0 Å². The summed E-state index contributed by atoms with van der Waals surface area (Å²) in [7, 11) is 0. The number of amides is 2. The second kappa shape index (κ2) is 7.76. The van der Waals surface area contributed by atoms with Crippen LogP contribution >= 0.6 is 0 Å². The lowest BCUT2D eigenvalue weighted by Gasteiger charge is -2.41. The molecule has 2 aromatic carbocycles. The lowest BCUT2D eigenvalue weighted by Crippen LogP contribution is -2.58. The highest BCUT2D eigenvalue weighted by atomic mass is 16.2. The molecule has 2 amide bonds. The van der Waals surface area contributed by atoms with Crippen molar-refractivity contribution in [3.8, 4) is 0 Å². The van der Waals surface area contributed by atoms with Crippen LogP contribution in [-0.2, 0) is 22.6 Å². The first-order valence-corrected chi connectivity index (χ1v) is 9.99. The van der Waals surface area contributed by atoms with E-state index in [2.05, 4.69) is 36.1 Å². The normalized spacial score (nSPS) is 22.2. The average Bonchev–Trinajstić information content (AvgIpc) is 3.08. The number of carbonyl (C=O) groups is 2. The third kappa shape index (κ3) is 3.54. The van der Waals surface area contributed by atoms with Crippen molar-refractivity contribution >= 4 is 17.5 Å². The van der Waals surface area contributed by atoms with Gasteiger partial charge in [0.05, 0.1) is 0 Å². The van der Waals surface area contributed by atoms with Crippen LogP contribution in [0.2, 0.25) is 0 Å². The van der Waals surface area contributed by atoms with Gasteiger partial charge in [-0.1, -0.05) is 48.5 Å². The lowest BCUT2D eigenvalue weighted by molar-refractivity contribution is -0.138. The van der Waals surface area contributed by atoms with E-state index in [0.717, 1.165) is 30.9 Å². The third-order valence-electron chi connectivity index (χ3n) is 5.84. The van der Waals surface area contributed by atoms with Gasteiger partial charge in [-0.3, -0.25) is 19.4 Å². The Morgan fingerprint density at radius 3 is 2.43 bits per heavy atom. The second-order valence-corrected chi connectivity index (χ2v) is 7.84. The molecule has 5 heteroatoms. The van der Waals surface area contributed by atoms with E-state index in [-0.39, 0.29) is 17.9 Å². The Kier molecular flexibility index (Phi) is 5.18. The first-order valence-electron chi connectivity index (χ1n) is 9.99. The van der Waals surface area contributed by atoms with Gasteiger partial charge in [0.1, 0.15) is 6.04 Å². The maximum atomic E-state index is 13.4. The monoisotopic (exact) mass is 377 g/mol. The summed E-state index contributed by atoms with van der Waals surface area (Å²) in [4.78, 5) is 31.7. The van der Waals surface area contributed by atoms with E-state index in [4.69, 9.17) is 0 Å². The fraction of sp³-hybridized carbons (Fsp3) is 0.391. The van der Waals surface area contributed by atoms with E-state index >= 15 is 0 Å². The predicted octanol–water partition coefficient (Wildman–Crippen LogP) is 2.70. The molecule has 1 unspecified atom stereocenters. The molecule has 0 bridgehead atoms. The van der Waals surface area contributed by atoms with Crippen LogP contribution in [0.5, 0.6) is 0 Å². The van der Waals surface area contributed by atoms with Crippen molar-refractivity contribution < 1.29 is 9.59 Å². The van der Waals surface area contributed by atoms with E-state index in [1.165, 1.54) is 5.56 Å². The van der Waals surface area contributed by atoms with Gasteiger partial charge < -0.3 is 4.90 Å². The Morgan fingerprint density at radius 1 is 1.00 bits per heavy atom. The van der Waals surface area contributed by atoms with Gasteiger partial charge in [-0.15, -0.1) is 0 Å². The van der Waals surface area contributed by atoms with Crippen molar-refractivity contribution in [2.75, 3.05) is 24.5 Å². The number of rotatable bonds is 3. The molecule has 2 aliphatic rings. The molecule has 1 saturated heterocycles. The Bertz CT molecular complexity index is 867. The highest BCUT2D eigenvalue weighted by molar-refractivity contribution is 6.02. The predicted molar refractivity (Wildman–Crippen MR) is 110 cm³/mol. The SMILES string of the molecule is CC(=O)N1c2ccccc2C[C@H]1C(=O)N1CCN(Cc2ccccc2)CC1C. The number of anilines is 1. The van der Waals surface area contributed by atoms with Crippen LogP contribution in [0.4, 0.5) is 5.69 Å². The van der Waals surface area contributed by atoms with E-state index in [1.54, 1.807) is 11.8 Å². The number of benzene rings is 2. The molecule has 2 aliphatic heterocycles. The molecule has 0 saturated carbocycles. The van der Waals surface area contributed by atoms with Crippen molar-refractivity contribution in [3.63, 3.8) is 0 Å². The van der Waals surface area contributed by atoms with E-state index < -0.39 is 6.04 Å². The van der Waals surface area contributed by atoms with Gasteiger partial charge in [-0.05, 0) is 24.1 Å². The van der Waals surface area contributed by atoms with Crippen LogP contribution in [0, 0.1) is 0 Å². The van der Waals surface area contributed by atoms with Crippen LogP contribution in [-0.4, -0.2) is 53.3 Å². The number of hydrogen-bond acceptors (Lipinski definition) is 3. The highest BCUT2D eigenvalue weighted by Gasteiger charge is 2.40. The smallest absolute Gasteiger partial charge is 0.246 e. The Hall–Kier alpha value is -2.66. The minimum Gasteiger partial charge on any atom is -0.336 e. The number of hydrogen-bond donors (Lipinski definition) is 0. The number of para-hydroxylation sites is 1. The zero-order valence-corrected chi connectivity index (χ0v) is 16.5. The molecule has 5 nitrogen and oxygen atoms in total. The summed E-state index contributed by atoms with van der Waals surface area (Å²) in [6, 6.07) is 18.0. The first-order chi connectivity index (χ1) is 13.5. The van der Waals surface area contributed by atoms with Crippen molar-refractivity contribution in [1.82, 2.24) is 9.80 Å². The van der Waals surface area contributed by atoms with Crippen molar-refractivity contribution in [3.05, 3.63) is 65.7 Å². The standard InChI is InChI=1S/C23H27N3O2/c1-17-15-24(16-19-8-4-3-5-9-19)12-13-25(17)23(28)22-14-20-10-6-7-11-21(20)26(22)18(2)27/h3-11,17,22H,12-16H2,1-2H3/t17?,22-/m0/s1. The molecular formula is C23H27N3O2. The molecule has 4 rings (SSSR count). The molecule has 2 atom stereocenters. The molecule has 0 spiro atoms. The Labute approximate surface area is 166 Å². The molecule has 146 valence electrons. The summed E-state index contributed by atoms with van der Waals surface area (Å²) in [6.07, 6.45) is 0.603. The minimum absolute atomic E-state index is 0.0678. The largest absolute Gasteiger partial charge is 0.336 e. The van der Waals surface area contributed by atoms with Crippen molar-refractivity contribution in [2.45, 2.75) is 38.9 Å². The van der Waals surface area contributed by atoms with Gasteiger partial charge in [0, 0.05) is 51.3 Å². The van der Waals surface area contributed by atoms with Crippen LogP contribution in [0.25, 0.3) is 0 Å². The average molecular weight is 377 g/mol. The zero-order valence-electron chi connectivity index (χ0n) is 16.5. The quantitative estimate of drug-likeness (QED) is 0.826. The van der Waals surface area contributed by atoms with E-state index in [9.17, 15) is 9.59 Å². The number of piperazine rings is 1. The molecular weight excluding hydrogens is 350 g/mol. The summed E-state index contributed by atoms with van der Waals surface area (Å²) in [5.41, 5.74) is 3.25. The van der Waals surface area contributed by atoms with Gasteiger partial charge in [0.2, 0.25) is 11.8 Å². The molecule has 0 aromatic heterocycles. The second-order valence-electron chi connectivity index (χ2n) is 7.84. The van der Waals surface area contributed by atoms with Gasteiger partial charge in [-0.25, -0.2) is 0 Å². The van der Waals surface area contributed by atoms with Gasteiger partial charge in [0.15, 0.2) is 0 Å². The van der Waals surface area contributed by atoms with Crippen LogP contribution in [0.15, 0.2) is 54.6 Å². The van der Waals surface area contributed by atoms with Crippen LogP contribution < -0.4 is 4.90 Å². The fourth-order valence-corrected chi connectivity index (χ4v) is 4.51. The number of nitrogens with zero attached hydrogens (tertiary/aromatic N) is 3. The van der Waals surface area contributed by atoms with Crippen LogP contribution in [0.1, 0.15) is 25.0 Å². The molecule has 28 heavy (non-hydrogen) atoms. The van der Waals surface area contributed by atoms with Crippen molar-refractivity contribution in [1.29, 1.82) is 0 Å². The third-order valence-corrected chi connectivity index (χ3v) is 5.84. The molecule has 2 heterocycles. The molecule has 0 aliphatic carbocycles. The maximum absolute atomic E-state index is 13.4. The van der Waals surface area contributed by atoms with Crippen molar-refractivity contribution in [2.24, 2.45) is 0 Å². The van der Waals surface area contributed by atoms with Gasteiger partial charge in [-0.2, -0.15) is 0 Å². The summed E-state index contributed by atoms with van der Waals surface area (Å²) in [6.45, 7) is 6.96. The molecule has 0 N–H and O–H groups in total. The van der Waals surface area contributed by atoms with Gasteiger partial charge in [0.25, 0.3) is 0 Å². The summed E-state index contributed by atoms with van der Waals surface area (Å²) in [5, 5.41) is 0. The number of fused-ring (bicyclic) bond motifs is 1. The lowest BCUT2D eigenvalue weighted by atomic mass is 10.1. The summed E-state index contributed by atoms with van der Waals surface area (Å²) < 4.78 is 0. The van der Waals surface area contributed by atoms with Gasteiger partial charge >= 0.3 is 0 Å². The Morgan fingerprint density at radius 2 is 1.71 bits per heavy atom. The summed E-state index contributed by atoms with van der Waals surface area (Å²) in [5.74, 6) is -0.00284. The topological polar surface area (TPSA) is 43.9 Å². The fourth-order valence-electron chi connectivity index (χ4n) is 4.51. The highest BCUT2D eigenvalue weighted by Crippen LogP contribution is 2.33.